The summed E-state index contributed by atoms with van der Waals surface area (Å²) in [5.74, 6) is 0. The standard InChI is InChI=1S/C43H70O11/c1-7-8-9-10-11-14-34-39(2,46)18-17-28-30(49-34)22-36-42(5,52-28)25-41(4)35(51-36)16-15-27-31(53-41)21-29-32(48-27)24-40(3)37(50-29)23-38-43(6,54-40)33(45)20-26(47-38)13-12-19-44/h11,14,26-38,44-46H,7-10,12-13,15-25H2,1-6H3/b14-11-/t26-,27+,28+,29+,30-,31-,32-,33-,34+,35-,36+,37-,38+,39-,40+,41+,42-,43-/m0/s1. The molecule has 308 valence electrons. The largest absolute Gasteiger partial charge is 0.396 e. The molecular formula is C43H70O11. The van der Waals surface area contributed by atoms with Gasteiger partial charge in [-0.05, 0) is 86.0 Å². The van der Waals surface area contributed by atoms with E-state index in [0.29, 0.717) is 44.9 Å². The normalized spacial score (nSPS) is 54.4. The molecule has 11 nitrogen and oxygen atoms in total. The number of unbranched alkanes of at least 4 members (excludes halogenated alkanes) is 3. The Morgan fingerprint density at radius 3 is 2.22 bits per heavy atom. The van der Waals surface area contributed by atoms with E-state index in [1.807, 2.05) is 13.8 Å². The van der Waals surface area contributed by atoms with Crippen molar-refractivity contribution >= 4 is 0 Å². The minimum atomic E-state index is -0.959. The molecule has 3 N–H and O–H groups in total. The number of allylic oxidation sites excluding steroid dienone is 1. The summed E-state index contributed by atoms with van der Waals surface area (Å²) in [5.41, 5.74) is -3.53. The number of hydrogen-bond acceptors (Lipinski definition) is 11. The van der Waals surface area contributed by atoms with Crippen molar-refractivity contribution in [2.24, 2.45) is 0 Å². The Hall–Kier alpha value is -0.700. The van der Waals surface area contributed by atoms with Crippen LogP contribution in [0.4, 0.5) is 0 Å². The van der Waals surface area contributed by atoms with Crippen LogP contribution in [-0.2, 0) is 37.9 Å². The van der Waals surface area contributed by atoms with E-state index in [1.165, 1.54) is 12.8 Å². The molecule has 0 aromatic heterocycles. The SMILES string of the molecule is CCCCC/C=C\[C@H]1O[C@H]2C[C@H]3O[C@H]4CC[C@H]5O[C@H]6C[C@@]7(C)O[C@@]8(C)[C@@H](O)C[C@H](CCCO)O[C@@H]8C[C@@H]7O[C@@H]6C[C@@H]5O[C@]4(C)C[C@]3(C)O[C@@H]2CC[C@]1(C)O. The van der Waals surface area contributed by atoms with E-state index in [1.54, 1.807) is 0 Å². The van der Waals surface area contributed by atoms with Crippen LogP contribution in [0.1, 0.15) is 144 Å². The maximum atomic E-state index is 11.5. The lowest BCUT2D eigenvalue weighted by molar-refractivity contribution is -0.369. The van der Waals surface area contributed by atoms with Crippen molar-refractivity contribution in [2.75, 3.05) is 6.61 Å². The summed E-state index contributed by atoms with van der Waals surface area (Å²) < 4.78 is 55.2. The van der Waals surface area contributed by atoms with Crippen LogP contribution in [0.5, 0.6) is 0 Å². The molecule has 0 amide bonds. The van der Waals surface area contributed by atoms with E-state index in [2.05, 4.69) is 39.8 Å². The van der Waals surface area contributed by atoms with Gasteiger partial charge in [-0.3, -0.25) is 0 Å². The maximum Gasteiger partial charge on any atom is 0.118 e. The number of ether oxygens (including phenoxy) is 8. The van der Waals surface area contributed by atoms with Crippen molar-refractivity contribution in [3.05, 3.63) is 12.2 Å². The molecule has 54 heavy (non-hydrogen) atoms. The first-order chi connectivity index (χ1) is 25.7. The fourth-order valence-corrected chi connectivity index (χ4v) is 11.7. The minimum Gasteiger partial charge on any atom is -0.396 e. The Morgan fingerprint density at radius 2 is 1.43 bits per heavy atom. The van der Waals surface area contributed by atoms with Gasteiger partial charge in [-0.15, -0.1) is 0 Å². The average molecular weight is 763 g/mol. The van der Waals surface area contributed by atoms with Gasteiger partial charge in [-0.1, -0.05) is 31.9 Å². The van der Waals surface area contributed by atoms with E-state index in [0.717, 1.165) is 44.9 Å². The summed E-state index contributed by atoms with van der Waals surface area (Å²) >= 11 is 0. The van der Waals surface area contributed by atoms with E-state index >= 15 is 0 Å². The first-order valence-electron chi connectivity index (χ1n) is 21.7. The van der Waals surface area contributed by atoms with Gasteiger partial charge in [0.05, 0.1) is 95.7 Å². The lowest BCUT2D eigenvalue weighted by atomic mass is 9.72. The molecule has 0 aromatic carbocycles. The van der Waals surface area contributed by atoms with Crippen LogP contribution in [0.25, 0.3) is 0 Å². The Morgan fingerprint density at radius 1 is 0.667 bits per heavy atom. The predicted molar refractivity (Wildman–Crippen MR) is 200 cm³/mol. The van der Waals surface area contributed by atoms with Crippen LogP contribution >= 0.6 is 0 Å². The molecule has 8 heterocycles. The summed E-state index contributed by atoms with van der Waals surface area (Å²) in [6, 6.07) is 0. The lowest BCUT2D eigenvalue weighted by Gasteiger charge is -2.61. The van der Waals surface area contributed by atoms with E-state index < -0.39 is 34.1 Å². The Bertz CT molecular complexity index is 1340. The van der Waals surface area contributed by atoms with Gasteiger partial charge in [0.1, 0.15) is 11.7 Å². The minimum absolute atomic E-state index is 0.0823. The molecule has 11 heteroatoms. The summed E-state index contributed by atoms with van der Waals surface area (Å²) in [6.07, 6.45) is 14.5. The van der Waals surface area contributed by atoms with Crippen molar-refractivity contribution in [1.29, 1.82) is 0 Å². The first-order valence-corrected chi connectivity index (χ1v) is 21.7. The van der Waals surface area contributed by atoms with Crippen LogP contribution in [-0.4, -0.2) is 129 Å². The van der Waals surface area contributed by atoms with Gasteiger partial charge >= 0.3 is 0 Å². The number of rotatable bonds is 8. The monoisotopic (exact) mass is 762 g/mol. The zero-order valence-corrected chi connectivity index (χ0v) is 33.8. The second-order valence-corrected chi connectivity index (χ2v) is 19.5. The Kier molecular flexibility index (Phi) is 11.3. The number of fused-ring (bicyclic) bond motifs is 7. The Labute approximate surface area is 323 Å². The van der Waals surface area contributed by atoms with E-state index in [9.17, 15) is 15.3 Å². The molecule has 0 spiro atoms. The van der Waals surface area contributed by atoms with Crippen LogP contribution in [0, 0.1) is 0 Å². The lowest BCUT2D eigenvalue weighted by Crippen LogP contribution is -2.72. The summed E-state index contributed by atoms with van der Waals surface area (Å²) in [4.78, 5) is 0. The van der Waals surface area contributed by atoms with Crippen LogP contribution < -0.4 is 0 Å². The Balaban J connectivity index is 0.937. The third-order valence-corrected chi connectivity index (χ3v) is 14.9. The van der Waals surface area contributed by atoms with Crippen LogP contribution in [0.3, 0.4) is 0 Å². The molecule has 0 aromatic rings. The molecule has 8 saturated heterocycles. The topological polar surface area (TPSA) is 135 Å². The highest BCUT2D eigenvalue weighted by molar-refractivity contribution is 5.13. The predicted octanol–water partition coefficient (Wildman–Crippen LogP) is 5.61. The van der Waals surface area contributed by atoms with E-state index in [4.69, 9.17) is 37.9 Å². The van der Waals surface area contributed by atoms with Gasteiger partial charge in [0.2, 0.25) is 0 Å². The van der Waals surface area contributed by atoms with E-state index in [-0.39, 0.29) is 79.9 Å². The quantitative estimate of drug-likeness (QED) is 0.211. The molecule has 8 aliphatic heterocycles. The summed E-state index contributed by atoms with van der Waals surface area (Å²) in [6.45, 7) is 12.7. The van der Waals surface area contributed by atoms with Crippen molar-refractivity contribution in [3.63, 3.8) is 0 Å². The second-order valence-electron chi connectivity index (χ2n) is 19.5. The highest BCUT2D eigenvalue weighted by Crippen LogP contribution is 2.54. The number of aliphatic hydroxyl groups is 3. The molecule has 8 aliphatic rings. The zero-order valence-electron chi connectivity index (χ0n) is 33.8. The molecule has 0 bridgehead atoms. The van der Waals surface area contributed by atoms with Gasteiger partial charge < -0.3 is 53.2 Å². The number of aliphatic hydroxyl groups excluding tert-OH is 2. The third-order valence-electron chi connectivity index (χ3n) is 14.9. The second kappa shape index (κ2) is 15.2. The smallest absolute Gasteiger partial charge is 0.118 e. The van der Waals surface area contributed by atoms with Gasteiger partial charge in [0.25, 0.3) is 0 Å². The molecule has 0 unspecified atom stereocenters. The molecule has 0 aliphatic carbocycles. The molecule has 0 radical (unpaired) electrons. The van der Waals surface area contributed by atoms with Crippen molar-refractivity contribution in [1.82, 2.24) is 0 Å². The van der Waals surface area contributed by atoms with Gasteiger partial charge in [-0.25, -0.2) is 0 Å². The highest BCUT2D eigenvalue weighted by Gasteiger charge is 2.64. The zero-order chi connectivity index (χ0) is 38.1. The molecular weight excluding hydrogens is 692 g/mol. The maximum absolute atomic E-state index is 11.5. The van der Waals surface area contributed by atoms with Crippen LogP contribution in [0.2, 0.25) is 0 Å². The summed E-state index contributed by atoms with van der Waals surface area (Å²) in [5, 5.41) is 32.2. The van der Waals surface area contributed by atoms with Crippen molar-refractivity contribution < 1.29 is 53.2 Å². The van der Waals surface area contributed by atoms with Gasteiger partial charge in [0.15, 0.2) is 0 Å². The molecule has 8 fully saturated rings. The first kappa shape index (κ1) is 40.1. The average Bonchev–Trinajstić information content (AvgIpc) is 3.31. The third kappa shape index (κ3) is 7.42. The van der Waals surface area contributed by atoms with Gasteiger partial charge in [0, 0.05) is 45.1 Å². The van der Waals surface area contributed by atoms with Crippen molar-refractivity contribution in [3.8, 4) is 0 Å². The summed E-state index contributed by atoms with van der Waals surface area (Å²) in [7, 11) is 0. The van der Waals surface area contributed by atoms with Crippen LogP contribution in [0.15, 0.2) is 12.2 Å². The van der Waals surface area contributed by atoms with Crippen molar-refractivity contribution in [2.45, 2.75) is 252 Å². The number of hydrogen-bond donors (Lipinski definition) is 3. The highest BCUT2D eigenvalue weighted by atomic mass is 16.6. The fraction of sp³-hybridized carbons (Fsp3) is 0.953. The fourth-order valence-electron chi connectivity index (χ4n) is 11.7. The van der Waals surface area contributed by atoms with Gasteiger partial charge in [-0.2, -0.15) is 0 Å². The molecule has 0 saturated carbocycles. The molecule has 18 atom stereocenters. The molecule has 8 rings (SSSR count).